The molecular formula is C17H18O3. The highest BCUT2D eigenvalue weighted by atomic mass is 16.6. The van der Waals surface area contributed by atoms with Crippen molar-refractivity contribution in [3.63, 3.8) is 0 Å². The molecule has 1 aliphatic heterocycles. The molecule has 3 nitrogen and oxygen atoms in total. The fraction of sp³-hybridized carbons (Fsp3) is 0.412. The van der Waals surface area contributed by atoms with Gasteiger partial charge in [0, 0.05) is 10.8 Å². The smallest absolute Gasteiger partial charge is 0.127 e. The highest BCUT2D eigenvalue weighted by molar-refractivity contribution is 5.93. The topological polar surface area (TPSA) is 31.0 Å². The second-order valence-electron chi connectivity index (χ2n) is 5.63. The maximum atomic E-state index is 5.96. The van der Waals surface area contributed by atoms with Crippen LogP contribution in [0.3, 0.4) is 0 Å². The summed E-state index contributed by atoms with van der Waals surface area (Å²) in [5, 5.41) is 2.24. The Kier molecular flexibility index (Phi) is 3.00. The monoisotopic (exact) mass is 270 g/mol. The third-order valence-electron chi connectivity index (χ3n) is 3.84. The number of hydrogen-bond donors (Lipinski definition) is 0. The number of hydrogen-bond acceptors (Lipinski definition) is 3. The number of epoxide rings is 1. The van der Waals surface area contributed by atoms with Gasteiger partial charge in [-0.2, -0.15) is 0 Å². The minimum absolute atomic E-state index is 0.277. The van der Waals surface area contributed by atoms with Gasteiger partial charge in [-0.3, -0.25) is 0 Å². The molecular weight excluding hydrogens is 252 g/mol. The van der Waals surface area contributed by atoms with E-state index in [0.29, 0.717) is 6.61 Å². The van der Waals surface area contributed by atoms with Crippen molar-refractivity contribution < 1.29 is 14.2 Å². The van der Waals surface area contributed by atoms with Crippen molar-refractivity contribution in [3.05, 3.63) is 36.4 Å². The summed E-state index contributed by atoms with van der Waals surface area (Å²) in [7, 11) is 0. The average molecular weight is 270 g/mol. The van der Waals surface area contributed by atoms with Gasteiger partial charge in [-0.15, -0.1) is 0 Å². The molecule has 2 aliphatic rings. The molecule has 1 saturated heterocycles. The predicted molar refractivity (Wildman–Crippen MR) is 77.4 cm³/mol. The summed E-state index contributed by atoms with van der Waals surface area (Å²) in [6, 6.07) is 12.3. The molecule has 0 radical (unpaired) electrons. The van der Waals surface area contributed by atoms with Crippen LogP contribution >= 0.6 is 0 Å². The van der Waals surface area contributed by atoms with Crippen molar-refractivity contribution in [2.24, 2.45) is 5.92 Å². The lowest BCUT2D eigenvalue weighted by Gasteiger charge is -2.12. The summed E-state index contributed by atoms with van der Waals surface area (Å²) in [6.07, 6.45) is 2.89. The van der Waals surface area contributed by atoms with Crippen molar-refractivity contribution in [3.8, 4) is 11.5 Å². The number of fused-ring (bicyclic) bond motifs is 1. The summed E-state index contributed by atoms with van der Waals surface area (Å²) in [5.74, 6) is 2.63. The lowest BCUT2D eigenvalue weighted by molar-refractivity contribution is 0.265. The van der Waals surface area contributed by atoms with Crippen LogP contribution in [-0.4, -0.2) is 25.9 Å². The van der Waals surface area contributed by atoms with Gasteiger partial charge >= 0.3 is 0 Å². The molecule has 1 atom stereocenters. The van der Waals surface area contributed by atoms with Gasteiger partial charge in [-0.1, -0.05) is 24.3 Å². The van der Waals surface area contributed by atoms with E-state index in [1.807, 2.05) is 24.3 Å². The molecule has 2 aromatic carbocycles. The molecule has 3 heteroatoms. The van der Waals surface area contributed by atoms with Crippen molar-refractivity contribution >= 4 is 10.8 Å². The summed E-state index contributed by atoms with van der Waals surface area (Å²) < 4.78 is 17.0. The highest BCUT2D eigenvalue weighted by Crippen LogP contribution is 2.35. The molecule has 1 saturated carbocycles. The van der Waals surface area contributed by atoms with Crippen LogP contribution in [-0.2, 0) is 4.74 Å². The molecule has 1 unspecified atom stereocenters. The van der Waals surface area contributed by atoms with Crippen LogP contribution in [0.25, 0.3) is 10.8 Å². The van der Waals surface area contributed by atoms with Gasteiger partial charge in [0.2, 0.25) is 0 Å². The number of benzene rings is 2. The molecule has 1 heterocycles. The molecule has 104 valence electrons. The Morgan fingerprint density at radius 1 is 0.900 bits per heavy atom. The van der Waals surface area contributed by atoms with Crippen molar-refractivity contribution in [1.29, 1.82) is 0 Å². The molecule has 20 heavy (non-hydrogen) atoms. The van der Waals surface area contributed by atoms with Gasteiger partial charge in [-0.05, 0) is 30.9 Å². The minimum Gasteiger partial charge on any atom is -0.493 e. The average Bonchev–Trinajstić information content (AvgIpc) is 3.37. The van der Waals surface area contributed by atoms with E-state index in [4.69, 9.17) is 14.2 Å². The standard InChI is InChI=1S/C17H18O3/c1-4-15-14(16(5-1)19-9-12-7-8-12)3-2-6-17(15)20-11-13-10-18-13/h1-6,12-13H,7-11H2. The van der Waals surface area contributed by atoms with E-state index in [1.165, 1.54) is 12.8 Å². The fourth-order valence-corrected chi connectivity index (χ4v) is 2.34. The third kappa shape index (κ3) is 2.59. The Hall–Kier alpha value is -1.74. The first-order chi connectivity index (χ1) is 9.90. The van der Waals surface area contributed by atoms with Gasteiger partial charge in [0.05, 0.1) is 13.2 Å². The van der Waals surface area contributed by atoms with E-state index < -0.39 is 0 Å². The predicted octanol–water partition coefficient (Wildman–Crippen LogP) is 3.41. The first-order valence-corrected chi connectivity index (χ1v) is 7.29. The SMILES string of the molecule is c1cc(OCC2CO2)c2cccc(OCC3CC3)c2c1. The second-order valence-corrected chi connectivity index (χ2v) is 5.63. The Labute approximate surface area is 118 Å². The summed E-state index contributed by atoms with van der Waals surface area (Å²) in [5.41, 5.74) is 0. The van der Waals surface area contributed by atoms with Crippen LogP contribution in [0.1, 0.15) is 12.8 Å². The van der Waals surface area contributed by atoms with E-state index >= 15 is 0 Å². The third-order valence-corrected chi connectivity index (χ3v) is 3.84. The molecule has 0 bridgehead atoms. The van der Waals surface area contributed by atoms with E-state index in [2.05, 4.69) is 12.1 Å². The molecule has 2 fully saturated rings. The largest absolute Gasteiger partial charge is 0.493 e. The fourth-order valence-electron chi connectivity index (χ4n) is 2.34. The Morgan fingerprint density at radius 2 is 1.50 bits per heavy atom. The first kappa shape index (κ1) is 12.0. The van der Waals surface area contributed by atoms with Crippen LogP contribution in [0.4, 0.5) is 0 Å². The Bertz CT molecular complexity index is 559. The normalized spacial score (nSPS) is 20.9. The summed E-state index contributed by atoms with van der Waals surface area (Å²) in [4.78, 5) is 0. The van der Waals surface area contributed by atoms with Crippen molar-refractivity contribution in [2.45, 2.75) is 18.9 Å². The molecule has 0 N–H and O–H groups in total. The van der Waals surface area contributed by atoms with E-state index in [-0.39, 0.29) is 6.10 Å². The van der Waals surface area contributed by atoms with Crippen LogP contribution in [0.5, 0.6) is 11.5 Å². The number of ether oxygens (including phenoxy) is 3. The molecule has 2 aromatic rings. The molecule has 0 spiro atoms. The van der Waals surface area contributed by atoms with Gasteiger partial charge in [0.15, 0.2) is 0 Å². The maximum Gasteiger partial charge on any atom is 0.127 e. The zero-order valence-electron chi connectivity index (χ0n) is 11.4. The van der Waals surface area contributed by atoms with Gasteiger partial charge in [0.25, 0.3) is 0 Å². The summed E-state index contributed by atoms with van der Waals surface area (Å²) in [6.45, 7) is 2.28. The Morgan fingerprint density at radius 3 is 2.05 bits per heavy atom. The van der Waals surface area contributed by atoms with E-state index in [0.717, 1.165) is 41.4 Å². The lowest BCUT2D eigenvalue weighted by Crippen LogP contribution is -2.04. The van der Waals surface area contributed by atoms with Crippen LogP contribution in [0.15, 0.2) is 36.4 Å². The quantitative estimate of drug-likeness (QED) is 0.754. The van der Waals surface area contributed by atoms with E-state index in [1.54, 1.807) is 0 Å². The van der Waals surface area contributed by atoms with E-state index in [9.17, 15) is 0 Å². The maximum absolute atomic E-state index is 5.96. The van der Waals surface area contributed by atoms with Gasteiger partial charge < -0.3 is 14.2 Å². The number of rotatable bonds is 6. The zero-order chi connectivity index (χ0) is 13.4. The van der Waals surface area contributed by atoms with Crippen LogP contribution < -0.4 is 9.47 Å². The molecule has 0 aromatic heterocycles. The van der Waals surface area contributed by atoms with Crippen LogP contribution in [0.2, 0.25) is 0 Å². The lowest BCUT2D eigenvalue weighted by atomic mass is 10.1. The molecule has 0 amide bonds. The minimum atomic E-state index is 0.277. The highest BCUT2D eigenvalue weighted by Gasteiger charge is 2.24. The first-order valence-electron chi connectivity index (χ1n) is 7.29. The second kappa shape index (κ2) is 4.98. The van der Waals surface area contributed by atoms with Crippen molar-refractivity contribution in [2.75, 3.05) is 19.8 Å². The summed E-state index contributed by atoms with van der Waals surface area (Å²) >= 11 is 0. The van der Waals surface area contributed by atoms with Gasteiger partial charge in [0.1, 0.15) is 24.2 Å². The molecule has 1 aliphatic carbocycles. The van der Waals surface area contributed by atoms with Crippen LogP contribution in [0, 0.1) is 5.92 Å². The van der Waals surface area contributed by atoms with Gasteiger partial charge in [-0.25, -0.2) is 0 Å². The zero-order valence-corrected chi connectivity index (χ0v) is 11.4. The van der Waals surface area contributed by atoms with Crippen molar-refractivity contribution in [1.82, 2.24) is 0 Å². The molecule has 4 rings (SSSR count). The Balaban J connectivity index is 1.60.